The molecule has 8 nitrogen and oxygen atoms in total. The number of carbonyl (C=O) groups excluding carboxylic acids is 1. The highest BCUT2D eigenvalue weighted by molar-refractivity contribution is 5.99. The fourth-order valence-electron chi connectivity index (χ4n) is 8.49. The third kappa shape index (κ3) is 2.56. The van der Waals surface area contributed by atoms with Gasteiger partial charge in [0.1, 0.15) is 0 Å². The van der Waals surface area contributed by atoms with Crippen molar-refractivity contribution < 1.29 is 14.5 Å². The van der Waals surface area contributed by atoms with E-state index in [1.165, 1.54) is 23.3 Å². The molecule has 5 aliphatic heterocycles. The van der Waals surface area contributed by atoms with Crippen LogP contribution < -0.4 is 4.90 Å². The molecule has 1 saturated carbocycles. The van der Waals surface area contributed by atoms with E-state index in [-0.39, 0.29) is 29.2 Å². The van der Waals surface area contributed by atoms with Gasteiger partial charge in [0, 0.05) is 48.0 Å². The van der Waals surface area contributed by atoms with Gasteiger partial charge in [0.25, 0.3) is 5.69 Å². The molecule has 1 aliphatic carbocycles. The van der Waals surface area contributed by atoms with Gasteiger partial charge in [-0.2, -0.15) is 0 Å². The lowest BCUT2D eigenvalue weighted by Gasteiger charge is -2.58. The van der Waals surface area contributed by atoms with Crippen molar-refractivity contribution in [2.45, 2.75) is 42.9 Å². The third-order valence-corrected chi connectivity index (χ3v) is 9.74. The second kappa shape index (κ2) is 7.11. The molecule has 4 fully saturated rings. The highest BCUT2D eigenvalue weighted by atomic mass is 16.6. The van der Waals surface area contributed by atoms with Crippen molar-refractivity contribution in [3.05, 3.63) is 75.4 Å². The average Bonchev–Trinajstić information content (AvgIpc) is 3.35. The van der Waals surface area contributed by atoms with Gasteiger partial charge in [-0.3, -0.25) is 24.8 Å². The van der Waals surface area contributed by atoms with Gasteiger partial charge in [0.15, 0.2) is 0 Å². The van der Waals surface area contributed by atoms with Gasteiger partial charge in [-0.15, -0.1) is 0 Å². The number of hydrogen-bond donors (Lipinski definition) is 0. The standard InChI is InChI=1S/C28H26N4O4/c33-25-13-23-26-20-12-24-28(7-8-30(24)15-17(20)6-9-36-23)21-11-18(4-5-22(21)31(25)27(26)28)29-14-16-2-1-3-19(10-16)32(34)35/h1-6,10-11,14,20,23-24,26-27H,7-9,12-13,15H2/t20-,23-,24-,26-,27-,28-/m0/s1. The smallest absolute Gasteiger partial charge is 0.270 e. The number of carbonyl (C=O) groups is 1. The first kappa shape index (κ1) is 20.8. The monoisotopic (exact) mass is 482 g/mol. The molecule has 2 aromatic rings. The van der Waals surface area contributed by atoms with E-state index in [0.29, 0.717) is 36.5 Å². The molecule has 2 aromatic carbocycles. The van der Waals surface area contributed by atoms with Gasteiger partial charge in [-0.05, 0) is 54.6 Å². The molecule has 36 heavy (non-hydrogen) atoms. The first-order chi connectivity index (χ1) is 17.5. The molecule has 1 spiro atoms. The lowest BCUT2D eigenvalue weighted by Crippen LogP contribution is -2.69. The Morgan fingerprint density at radius 2 is 2.14 bits per heavy atom. The average molecular weight is 483 g/mol. The quantitative estimate of drug-likeness (QED) is 0.288. The van der Waals surface area contributed by atoms with Gasteiger partial charge >= 0.3 is 0 Å². The lowest BCUT2D eigenvalue weighted by molar-refractivity contribution is -0.384. The predicted octanol–water partition coefficient (Wildman–Crippen LogP) is 3.75. The number of benzene rings is 2. The van der Waals surface area contributed by atoms with E-state index in [9.17, 15) is 14.9 Å². The summed E-state index contributed by atoms with van der Waals surface area (Å²) in [7, 11) is 0. The minimum absolute atomic E-state index is 0.0110. The van der Waals surface area contributed by atoms with Crippen LogP contribution in [-0.4, -0.2) is 59.8 Å². The maximum Gasteiger partial charge on any atom is 0.270 e. The van der Waals surface area contributed by atoms with E-state index < -0.39 is 4.92 Å². The van der Waals surface area contributed by atoms with Crippen molar-refractivity contribution >= 4 is 29.2 Å². The molecule has 6 atom stereocenters. The zero-order valence-electron chi connectivity index (χ0n) is 19.7. The summed E-state index contributed by atoms with van der Waals surface area (Å²) < 4.78 is 6.32. The fraction of sp³-hybridized carbons (Fsp3) is 0.429. The number of aliphatic imine (C=N–C) groups is 1. The summed E-state index contributed by atoms with van der Waals surface area (Å²) in [4.78, 5) is 33.8. The van der Waals surface area contributed by atoms with E-state index >= 15 is 0 Å². The molecule has 0 unspecified atom stereocenters. The van der Waals surface area contributed by atoms with Crippen molar-refractivity contribution in [3.8, 4) is 0 Å². The van der Waals surface area contributed by atoms with Gasteiger partial charge < -0.3 is 9.64 Å². The lowest BCUT2D eigenvalue weighted by atomic mass is 9.53. The van der Waals surface area contributed by atoms with E-state index in [4.69, 9.17) is 9.73 Å². The number of non-ortho nitro benzene ring substituents is 1. The van der Waals surface area contributed by atoms with Gasteiger partial charge in [0.2, 0.25) is 5.91 Å². The summed E-state index contributed by atoms with van der Waals surface area (Å²) in [6.45, 7) is 2.68. The molecular weight excluding hydrogens is 456 g/mol. The summed E-state index contributed by atoms with van der Waals surface area (Å²) in [5.41, 5.74) is 5.26. The van der Waals surface area contributed by atoms with E-state index in [1.54, 1.807) is 12.3 Å². The third-order valence-electron chi connectivity index (χ3n) is 9.74. The van der Waals surface area contributed by atoms with E-state index in [2.05, 4.69) is 28.0 Å². The maximum absolute atomic E-state index is 13.6. The van der Waals surface area contributed by atoms with Crippen LogP contribution in [0.4, 0.5) is 17.1 Å². The van der Waals surface area contributed by atoms with Crippen LogP contribution in [-0.2, 0) is 14.9 Å². The van der Waals surface area contributed by atoms with Crippen molar-refractivity contribution in [2.75, 3.05) is 24.6 Å². The van der Waals surface area contributed by atoms with Crippen LogP contribution in [0.2, 0.25) is 0 Å². The van der Waals surface area contributed by atoms with Gasteiger partial charge in [-0.1, -0.05) is 23.8 Å². The number of hydrogen-bond acceptors (Lipinski definition) is 6. The number of fused-ring (bicyclic) bond motifs is 2. The molecule has 1 amide bonds. The zero-order chi connectivity index (χ0) is 24.2. The summed E-state index contributed by atoms with van der Waals surface area (Å²) in [6.07, 6.45) is 6.60. The van der Waals surface area contributed by atoms with Crippen molar-refractivity contribution in [3.63, 3.8) is 0 Å². The number of anilines is 1. The molecule has 0 radical (unpaired) electrons. The number of amides is 1. The van der Waals surface area contributed by atoms with Crippen LogP contribution in [0.15, 0.2) is 59.1 Å². The highest BCUT2D eigenvalue weighted by Gasteiger charge is 2.71. The molecule has 8 heteroatoms. The Morgan fingerprint density at radius 3 is 3.03 bits per heavy atom. The first-order valence-corrected chi connectivity index (χ1v) is 12.8. The molecule has 0 N–H and O–H groups in total. The Hall–Kier alpha value is -3.36. The number of rotatable bonds is 3. The van der Waals surface area contributed by atoms with Crippen LogP contribution in [0, 0.1) is 22.0 Å². The fourth-order valence-corrected chi connectivity index (χ4v) is 8.49. The van der Waals surface area contributed by atoms with Gasteiger partial charge in [0.05, 0.1) is 35.8 Å². The first-order valence-electron chi connectivity index (χ1n) is 12.8. The molecule has 0 aromatic heterocycles. The number of nitro groups is 1. The molecule has 5 heterocycles. The maximum atomic E-state index is 13.6. The van der Waals surface area contributed by atoms with Crippen molar-refractivity contribution in [1.82, 2.24) is 4.90 Å². The topological polar surface area (TPSA) is 88.3 Å². The second-order valence-electron chi connectivity index (χ2n) is 11.1. The molecular formula is C28H26N4O4. The molecule has 3 saturated heterocycles. The Labute approximate surface area is 208 Å². The van der Waals surface area contributed by atoms with E-state index in [0.717, 1.165) is 37.3 Å². The van der Waals surface area contributed by atoms with Gasteiger partial charge in [-0.25, -0.2) is 0 Å². The Bertz CT molecular complexity index is 1400. The zero-order valence-corrected chi connectivity index (χ0v) is 19.7. The number of ether oxygens (including phenoxy) is 1. The largest absolute Gasteiger partial charge is 0.373 e. The predicted molar refractivity (Wildman–Crippen MR) is 134 cm³/mol. The van der Waals surface area contributed by atoms with Crippen LogP contribution in [0.25, 0.3) is 0 Å². The van der Waals surface area contributed by atoms with Crippen LogP contribution in [0.5, 0.6) is 0 Å². The minimum atomic E-state index is -0.392. The summed E-state index contributed by atoms with van der Waals surface area (Å²) in [6, 6.07) is 13.3. The Kier molecular flexibility index (Phi) is 4.11. The molecule has 2 bridgehead atoms. The normalized spacial score (nSPS) is 35.6. The Balaban J connectivity index is 1.25. The second-order valence-corrected chi connectivity index (χ2v) is 11.1. The van der Waals surface area contributed by atoms with Crippen LogP contribution in [0.3, 0.4) is 0 Å². The van der Waals surface area contributed by atoms with E-state index in [1.807, 2.05) is 12.1 Å². The number of nitro benzene ring substituents is 1. The minimum Gasteiger partial charge on any atom is -0.373 e. The van der Waals surface area contributed by atoms with Crippen LogP contribution in [0.1, 0.15) is 30.4 Å². The number of piperidine rings is 2. The Morgan fingerprint density at radius 1 is 1.22 bits per heavy atom. The molecule has 8 rings (SSSR count). The van der Waals surface area contributed by atoms with Crippen molar-refractivity contribution in [2.24, 2.45) is 16.8 Å². The summed E-state index contributed by atoms with van der Waals surface area (Å²) in [5.74, 6) is 0.998. The van der Waals surface area contributed by atoms with Crippen molar-refractivity contribution in [1.29, 1.82) is 0 Å². The number of nitrogens with zero attached hydrogens (tertiary/aromatic N) is 4. The SMILES string of the molecule is O=C1C[C@@H]2OCC=C3CN4CC[C@@]56c7cc(N=Cc8cccc([N+](=O)[O-])c8)ccc7N1[C@H]5[C@H]2[C@H]3C[C@H]46. The summed E-state index contributed by atoms with van der Waals surface area (Å²) in [5, 5.41) is 11.1. The highest BCUT2D eigenvalue weighted by Crippen LogP contribution is 2.66. The summed E-state index contributed by atoms with van der Waals surface area (Å²) >= 11 is 0. The molecule has 6 aliphatic rings. The molecule has 182 valence electrons. The van der Waals surface area contributed by atoms with Crippen LogP contribution >= 0.6 is 0 Å².